The molecule has 0 N–H and O–H groups in total. The van der Waals surface area contributed by atoms with Crippen molar-refractivity contribution in [1.29, 1.82) is 0 Å². The summed E-state index contributed by atoms with van der Waals surface area (Å²) >= 11 is 0. The van der Waals surface area contributed by atoms with E-state index in [9.17, 15) is 0 Å². The van der Waals surface area contributed by atoms with Gasteiger partial charge in [-0.05, 0) is 30.8 Å². The van der Waals surface area contributed by atoms with Gasteiger partial charge in [-0.25, -0.2) is 0 Å². The summed E-state index contributed by atoms with van der Waals surface area (Å²) in [6.07, 6.45) is 3.86. The van der Waals surface area contributed by atoms with Crippen molar-refractivity contribution in [3.63, 3.8) is 0 Å². The van der Waals surface area contributed by atoms with Gasteiger partial charge in [-0.15, -0.1) is 0 Å². The molecule has 0 unspecified atom stereocenters. The Labute approximate surface area is 87.5 Å². The highest BCUT2D eigenvalue weighted by atomic mass is 28.4. The number of hydrogen-bond donors (Lipinski definition) is 0. The van der Waals surface area contributed by atoms with Crippen LogP contribution >= 0.6 is 0 Å². The van der Waals surface area contributed by atoms with E-state index in [4.69, 9.17) is 4.43 Å². The first kappa shape index (κ1) is 11.1. The lowest BCUT2D eigenvalue weighted by atomic mass is 10.2. The zero-order chi connectivity index (χ0) is 10.4. The molecule has 1 rings (SSSR count). The van der Waals surface area contributed by atoms with Crippen molar-refractivity contribution in [2.24, 2.45) is 0 Å². The first-order valence-corrected chi connectivity index (χ1v) is 8.15. The second kappa shape index (κ2) is 5.01. The Hall–Kier alpha value is -1.02. The predicted octanol–water partition coefficient (Wildman–Crippen LogP) is 3.90. The topological polar surface area (TPSA) is 9.23 Å². The molecular weight excluding hydrogens is 188 g/mol. The van der Waals surface area contributed by atoms with Crippen molar-refractivity contribution in [3.05, 3.63) is 42.2 Å². The van der Waals surface area contributed by atoms with E-state index < -0.39 is 8.32 Å². The van der Waals surface area contributed by atoms with Gasteiger partial charge in [0.15, 0.2) is 0 Å². The third-order valence-corrected chi connectivity index (χ3v) is 4.78. The lowest BCUT2D eigenvalue weighted by Crippen LogP contribution is -2.26. The van der Waals surface area contributed by atoms with Gasteiger partial charge in [0.2, 0.25) is 8.32 Å². The molecule has 0 aliphatic carbocycles. The smallest absolute Gasteiger partial charge is 0.244 e. The number of rotatable bonds is 4. The van der Waals surface area contributed by atoms with Crippen LogP contribution in [0.5, 0.6) is 0 Å². The van der Waals surface area contributed by atoms with E-state index in [1.54, 1.807) is 0 Å². The van der Waals surface area contributed by atoms with Gasteiger partial charge < -0.3 is 4.43 Å². The summed E-state index contributed by atoms with van der Waals surface area (Å²) in [7, 11) is -1.42. The van der Waals surface area contributed by atoms with Crippen molar-refractivity contribution in [1.82, 2.24) is 0 Å². The summed E-state index contributed by atoms with van der Waals surface area (Å²) in [5.41, 5.74) is 1.19. The van der Waals surface area contributed by atoms with Crippen molar-refractivity contribution >= 4 is 14.4 Å². The normalized spacial score (nSPS) is 11.9. The average molecular weight is 206 g/mol. The van der Waals surface area contributed by atoms with Crippen LogP contribution in [-0.4, -0.2) is 8.32 Å². The van der Waals surface area contributed by atoms with E-state index in [1.807, 2.05) is 30.5 Å². The highest BCUT2D eigenvalue weighted by molar-refractivity contribution is 6.71. The Kier molecular flexibility index (Phi) is 3.95. The quantitative estimate of drug-likeness (QED) is 0.536. The molecule has 0 bridgehead atoms. The van der Waals surface area contributed by atoms with Crippen LogP contribution in [0, 0.1) is 0 Å². The minimum Gasteiger partial charge on any atom is -0.549 e. The molecule has 76 valence electrons. The maximum absolute atomic E-state index is 5.74. The van der Waals surface area contributed by atoms with Crippen LogP contribution in [0.2, 0.25) is 19.1 Å². The molecule has 14 heavy (non-hydrogen) atoms. The first-order chi connectivity index (χ1) is 6.64. The second-order valence-electron chi connectivity index (χ2n) is 3.94. The molecule has 0 radical (unpaired) electrons. The predicted molar refractivity (Wildman–Crippen MR) is 64.5 cm³/mol. The van der Waals surface area contributed by atoms with Crippen LogP contribution < -0.4 is 0 Å². The van der Waals surface area contributed by atoms with E-state index in [2.05, 4.69) is 32.2 Å². The summed E-state index contributed by atoms with van der Waals surface area (Å²) in [4.78, 5) is 0. The lowest BCUT2D eigenvalue weighted by Gasteiger charge is -2.18. The van der Waals surface area contributed by atoms with Crippen molar-refractivity contribution in [2.45, 2.75) is 26.1 Å². The summed E-state index contributed by atoms with van der Waals surface area (Å²) in [6, 6.07) is 11.4. The Morgan fingerprint density at radius 3 is 2.43 bits per heavy atom. The number of benzene rings is 1. The highest BCUT2D eigenvalue weighted by Gasteiger charge is 2.18. The molecule has 0 aliphatic heterocycles. The molecule has 2 heteroatoms. The van der Waals surface area contributed by atoms with E-state index in [0.29, 0.717) is 0 Å². The fraction of sp³-hybridized carbons (Fsp3) is 0.333. The van der Waals surface area contributed by atoms with Gasteiger partial charge in [0.25, 0.3) is 0 Å². The average Bonchev–Trinajstić information content (AvgIpc) is 2.19. The Bertz CT molecular complexity index is 290. The minimum atomic E-state index is -1.42. The molecule has 1 aromatic carbocycles. The Morgan fingerprint density at radius 2 is 1.86 bits per heavy atom. The lowest BCUT2D eigenvalue weighted by molar-refractivity contribution is 0.476. The van der Waals surface area contributed by atoms with E-state index in [-0.39, 0.29) is 0 Å². The minimum absolute atomic E-state index is 1.14. The summed E-state index contributed by atoms with van der Waals surface area (Å²) < 4.78 is 5.74. The monoisotopic (exact) mass is 206 g/mol. The SMILES string of the molecule is CC[Si](C)(C)OC=Cc1ccccc1. The Morgan fingerprint density at radius 1 is 1.21 bits per heavy atom. The molecule has 0 heterocycles. The molecule has 0 saturated heterocycles. The van der Waals surface area contributed by atoms with Crippen LogP contribution in [-0.2, 0) is 4.43 Å². The zero-order valence-corrected chi connectivity index (χ0v) is 10.2. The zero-order valence-electron chi connectivity index (χ0n) is 9.16. The van der Waals surface area contributed by atoms with Crippen LogP contribution in [0.15, 0.2) is 36.6 Å². The van der Waals surface area contributed by atoms with Crippen molar-refractivity contribution < 1.29 is 4.43 Å². The van der Waals surface area contributed by atoms with Crippen LogP contribution in [0.25, 0.3) is 6.08 Å². The van der Waals surface area contributed by atoms with E-state index in [1.165, 1.54) is 5.56 Å². The van der Waals surface area contributed by atoms with Gasteiger partial charge in [0.05, 0.1) is 6.26 Å². The molecule has 0 aliphatic rings. The second-order valence-corrected chi connectivity index (χ2v) is 8.41. The maximum atomic E-state index is 5.74. The van der Waals surface area contributed by atoms with Gasteiger partial charge in [0, 0.05) is 0 Å². The van der Waals surface area contributed by atoms with Crippen molar-refractivity contribution in [3.8, 4) is 0 Å². The van der Waals surface area contributed by atoms with Gasteiger partial charge in [-0.1, -0.05) is 37.3 Å². The summed E-state index contributed by atoms with van der Waals surface area (Å²) in [5, 5.41) is 0. The van der Waals surface area contributed by atoms with Crippen molar-refractivity contribution in [2.75, 3.05) is 0 Å². The molecule has 0 amide bonds. The first-order valence-electron chi connectivity index (χ1n) is 5.03. The molecule has 1 nitrogen and oxygen atoms in total. The number of hydrogen-bond acceptors (Lipinski definition) is 1. The molecule has 0 spiro atoms. The third kappa shape index (κ3) is 3.79. The fourth-order valence-electron chi connectivity index (χ4n) is 0.944. The molecule has 1 aromatic rings. The van der Waals surface area contributed by atoms with Crippen LogP contribution in [0.3, 0.4) is 0 Å². The van der Waals surface area contributed by atoms with Gasteiger partial charge in [-0.3, -0.25) is 0 Å². The van der Waals surface area contributed by atoms with Crippen LogP contribution in [0.1, 0.15) is 12.5 Å². The van der Waals surface area contributed by atoms with Gasteiger partial charge in [0.1, 0.15) is 0 Å². The van der Waals surface area contributed by atoms with E-state index in [0.717, 1.165) is 6.04 Å². The van der Waals surface area contributed by atoms with Gasteiger partial charge in [-0.2, -0.15) is 0 Å². The summed E-state index contributed by atoms with van der Waals surface area (Å²) in [6.45, 7) is 6.63. The largest absolute Gasteiger partial charge is 0.549 e. The molecule has 0 fully saturated rings. The summed E-state index contributed by atoms with van der Waals surface area (Å²) in [5.74, 6) is 0. The highest BCUT2D eigenvalue weighted by Crippen LogP contribution is 2.11. The third-order valence-electron chi connectivity index (χ3n) is 2.30. The molecule has 0 aromatic heterocycles. The van der Waals surface area contributed by atoms with E-state index >= 15 is 0 Å². The molecule has 0 saturated carbocycles. The Balaban J connectivity index is 2.50. The standard InChI is InChI=1S/C12H18OSi/c1-4-14(2,3)13-11-10-12-8-6-5-7-9-12/h5-11H,4H2,1-3H3. The van der Waals surface area contributed by atoms with Crippen LogP contribution in [0.4, 0.5) is 0 Å². The molecule has 0 atom stereocenters. The fourth-order valence-corrected chi connectivity index (χ4v) is 1.55. The molecular formula is C12H18OSi. The maximum Gasteiger partial charge on any atom is 0.244 e. The van der Waals surface area contributed by atoms with Gasteiger partial charge >= 0.3 is 0 Å².